The van der Waals surface area contributed by atoms with Gasteiger partial charge in [0.25, 0.3) is 0 Å². The number of ether oxygens (including phenoxy) is 2. The quantitative estimate of drug-likeness (QED) is 0.773. The first kappa shape index (κ1) is 21.5. The number of anilines is 1. The number of hydrogen-bond acceptors (Lipinski definition) is 5. The van der Waals surface area contributed by atoms with Crippen molar-refractivity contribution in [2.24, 2.45) is 0 Å². The zero-order chi connectivity index (χ0) is 20.9. The summed E-state index contributed by atoms with van der Waals surface area (Å²) in [6, 6.07) is 16.2. The van der Waals surface area contributed by atoms with Crippen LogP contribution in [0.5, 0.6) is 11.5 Å². The van der Waals surface area contributed by atoms with Crippen LogP contribution in [-0.2, 0) is 5.41 Å². The van der Waals surface area contributed by atoms with E-state index in [2.05, 4.69) is 42.7 Å². The van der Waals surface area contributed by atoms with Crippen molar-refractivity contribution in [1.29, 1.82) is 0 Å². The van der Waals surface area contributed by atoms with E-state index in [1.54, 1.807) is 7.11 Å². The first-order valence-electron chi connectivity index (χ1n) is 10.4. The second kappa shape index (κ2) is 9.51. The van der Waals surface area contributed by atoms with Gasteiger partial charge in [0.15, 0.2) is 0 Å². The van der Waals surface area contributed by atoms with E-state index >= 15 is 0 Å². The van der Waals surface area contributed by atoms with Gasteiger partial charge >= 0.3 is 0 Å². The lowest BCUT2D eigenvalue weighted by molar-refractivity contribution is 0.0656. The Labute approximate surface area is 174 Å². The van der Waals surface area contributed by atoms with Gasteiger partial charge in [-0.1, -0.05) is 51.1 Å². The van der Waals surface area contributed by atoms with Gasteiger partial charge in [-0.05, 0) is 29.2 Å². The van der Waals surface area contributed by atoms with E-state index < -0.39 is 6.10 Å². The van der Waals surface area contributed by atoms with E-state index in [0.717, 1.165) is 48.9 Å². The largest absolute Gasteiger partial charge is 0.495 e. The molecule has 158 valence electrons. The van der Waals surface area contributed by atoms with Gasteiger partial charge in [0, 0.05) is 32.7 Å². The summed E-state index contributed by atoms with van der Waals surface area (Å²) in [7, 11) is 1.71. The molecule has 1 saturated heterocycles. The van der Waals surface area contributed by atoms with Crippen molar-refractivity contribution >= 4 is 5.69 Å². The zero-order valence-corrected chi connectivity index (χ0v) is 18.1. The minimum atomic E-state index is -0.513. The van der Waals surface area contributed by atoms with Crippen LogP contribution in [0.1, 0.15) is 26.3 Å². The van der Waals surface area contributed by atoms with Crippen LogP contribution in [0.4, 0.5) is 5.69 Å². The molecule has 1 N–H and O–H groups in total. The van der Waals surface area contributed by atoms with E-state index in [4.69, 9.17) is 9.47 Å². The number of piperazine rings is 1. The smallest absolute Gasteiger partial charge is 0.142 e. The molecule has 1 aliphatic rings. The normalized spacial score (nSPS) is 16.5. The van der Waals surface area contributed by atoms with Crippen LogP contribution in [0, 0.1) is 0 Å². The fourth-order valence-electron chi connectivity index (χ4n) is 3.81. The van der Waals surface area contributed by atoms with Gasteiger partial charge in [-0.3, -0.25) is 4.90 Å². The molecule has 3 rings (SSSR count). The van der Waals surface area contributed by atoms with Gasteiger partial charge in [-0.2, -0.15) is 0 Å². The Kier molecular flexibility index (Phi) is 7.04. The van der Waals surface area contributed by atoms with Gasteiger partial charge in [0.05, 0.1) is 12.8 Å². The maximum Gasteiger partial charge on any atom is 0.142 e. The summed E-state index contributed by atoms with van der Waals surface area (Å²) in [6.45, 7) is 11.1. The van der Waals surface area contributed by atoms with Crippen LogP contribution < -0.4 is 14.4 Å². The van der Waals surface area contributed by atoms with E-state index in [0.29, 0.717) is 13.2 Å². The fraction of sp³-hybridized carbons (Fsp3) is 0.500. The summed E-state index contributed by atoms with van der Waals surface area (Å²) in [5.41, 5.74) is 2.31. The molecule has 1 fully saturated rings. The third kappa shape index (κ3) is 5.64. The number of aliphatic hydroxyl groups is 1. The molecule has 2 aromatic rings. The third-order valence-corrected chi connectivity index (χ3v) is 5.39. The lowest BCUT2D eigenvalue weighted by Crippen LogP contribution is -2.49. The second-order valence-electron chi connectivity index (χ2n) is 8.67. The molecule has 5 heteroatoms. The number of β-amino-alcohol motifs (C(OH)–C–C–N with tert-alkyl or cyclic N) is 1. The molecule has 0 radical (unpaired) electrons. The lowest BCUT2D eigenvalue weighted by atomic mass is 9.86. The van der Waals surface area contributed by atoms with Crippen LogP contribution in [-0.4, -0.2) is 62.6 Å². The average molecular weight is 399 g/mol. The van der Waals surface area contributed by atoms with Crippen LogP contribution in [0.25, 0.3) is 0 Å². The van der Waals surface area contributed by atoms with Crippen molar-refractivity contribution < 1.29 is 14.6 Å². The SMILES string of the molecule is COc1ccccc1N1CCN(C[C@@H](O)COc2ccccc2C(C)(C)C)CC1. The molecule has 0 bridgehead atoms. The maximum absolute atomic E-state index is 10.5. The van der Waals surface area contributed by atoms with Crippen molar-refractivity contribution in [2.75, 3.05) is 51.3 Å². The average Bonchev–Trinajstić information content (AvgIpc) is 2.72. The number of benzene rings is 2. The van der Waals surface area contributed by atoms with Crippen molar-refractivity contribution in [3.63, 3.8) is 0 Å². The topological polar surface area (TPSA) is 45.2 Å². The van der Waals surface area contributed by atoms with E-state index in [1.165, 1.54) is 0 Å². The van der Waals surface area contributed by atoms with Crippen LogP contribution >= 0.6 is 0 Å². The molecule has 0 aromatic heterocycles. The van der Waals surface area contributed by atoms with E-state index in [1.807, 2.05) is 36.4 Å². The Hall–Kier alpha value is -2.24. The van der Waals surface area contributed by atoms with Crippen molar-refractivity contribution in [2.45, 2.75) is 32.3 Å². The minimum Gasteiger partial charge on any atom is -0.495 e. The lowest BCUT2D eigenvalue weighted by Gasteiger charge is -2.37. The summed E-state index contributed by atoms with van der Waals surface area (Å²) >= 11 is 0. The molecule has 0 spiro atoms. The van der Waals surface area contributed by atoms with Gasteiger partial charge in [0.1, 0.15) is 24.2 Å². The number of para-hydroxylation sites is 3. The first-order valence-corrected chi connectivity index (χ1v) is 10.4. The summed E-state index contributed by atoms with van der Waals surface area (Å²) in [4.78, 5) is 4.65. The Bertz CT molecular complexity index is 780. The molecule has 29 heavy (non-hydrogen) atoms. The Morgan fingerprint density at radius 3 is 2.21 bits per heavy atom. The maximum atomic E-state index is 10.5. The molecule has 0 amide bonds. The zero-order valence-electron chi connectivity index (χ0n) is 18.1. The van der Waals surface area contributed by atoms with Crippen molar-refractivity contribution in [3.8, 4) is 11.5 Å². The van der Waals surface area contributed by atoms with Gasteiger partial charge in [-0.25, -0.2) is 0 Å². The summed E-state index contributed by atoms with van der Waals surface area (Å²) in [5, 5.41) is 10.5. The standard InChI is InChI=1S/C24H34N2O3/c1-24(2,3)20-9-5-7-11-22(20)29-18-19(27)17-25-13-15-26(16-14-25)21-10-6-8-12-23(21)28-4/h5-12,19,27H,13-18H2,1-4H3/t19-/m1/s1. The molecule has 1 aliphatic heterocycles. The predicted molar refractivity (Wildman–Crippen MR) is 118 cm³/mol. The summed E-state index contributed by atoms with van der Waals surface area (Å²) in [5.74, 6) is 1.77. The summed E-state index contributed by atoms with van der Waals surface area (Å²) < 4.78 is 11.5. The molecule has 0 saturated carbocycles. The number of aliphatic hydroxyl groups excluding tert-OH is 1. The predicted octanol–water partition coefficient (Wildman–Crippen LogP) is 3.55. The molecule has 0 unspecified atom stereocenters. The Morgan fingerprint density at radius 2 is 1.55 bits per heavy atom. The fourth-order valence-corrected chi connectivity index (χ4v) is 3.81. The van der Waals surface area contributed by atoms with Crippen LogP contribution in [0.2, 0.25) is 0 Å². The van der Waals surface area contributed by atoms with Crippen molar-refractivity contribution in [1.82, 2.24) is 4.90 Å². The highest BCUT2D eigenvalue weighted by Crippen LogP contribution is 2.31. The minimum absolute atomic E-state index is 0.0103. The third-order valence-electron chi connectivity index (χ3n) is 5.39. The van der Waals surface area contributed by atoms with Gasteiger partial charge in [-0.15, -0.1) is 0 Å². The monoisotopic (exact) mass is 398 g/mol. The van der Waals surface area contributed by atoms with Crippen LogP contribution in [0.15, 0.2) is 48.5 Å². The highest BCUT2D eigenvalue weighted by molar-refractivity contribution is 5.58. The first-order chi connectivity index (χ1) is 13.9. The molecular formula is C24H34N2O3. The summed E-state index contributed by atoms with van der Waals surface area (Å²) in [6.07, 6.45) is -0.513. The highest BCUT2D eigenvalue weighted by atomic mass is 16.5. The number of methoxy groups -OCH3 is 1. The van der Waals surface area contributed by atoms with E-state index in [9.17, 15) is 5.11 Å². The molecule has 0 aliphatic carbocycles. The number of hydrogen-bond donors (Lipinski definition) is 1. The molecule has 1 atom stereocenters. The molecular weight excluding hydrogens is 364 g/mol. The molecule has 5 nitrogen and oxygen atoms in total. The second-order valence-corrected chi connectivity index (χ2v) is 8.67. The molecule has 1 heterocycles. The molecule has 2 aromatic carbocycles. The number of rotatable bonds is 7. The van der Waals surface area contributed by atoms with E-state index in [-0.39, 0.29) is 5.41 Å². The Morgan fingerprint density at radius 1 is 0.931 bits per heavy atom. The van der Waals surface area contributed by atoms with Gasteiger partial charge in [0.2, 0.25) is 0 Å². The Balaban J connectivity index is 1.49. The number of nitrogens with zero attached hydrogens (tertiary/aromatic N) is 2. The van der Waals surface area contributed by atoms with Crippen LogP contribution in [0.3, 0.4) is 0 Å². The van der Waals surface area contributed by atoms with Gasteiger partial charge < -0.3 is 19.5 Å². The van der Waals surface area contributed by atoms with Crippen molar-refractivity contribution in [3.05, 3.63) is 54.1 Å². The highest BCUT2D eigenvalue weighted by Gasteiger charge is 2.22.